The van der Waals surface area contributed by atoms with E-state index in [1.165, 1.54) is 28.7 Å². The van der Waals surface area contributed by atoms with Gasteiger partial charge in [-0.15, -0.1) is 24.2 Å². The number of benzene rings is 3. The summed E-state index contributed by atoms with van der Waals surface area (Å²) in [6.45, 7) is 5.73. The maximum Gasteiger partial charge on any atom is 0.336 e. The van der Waals surface area contributed by atoms with Gasteiger partial charge in [-0.3, -0.25) is 15.0 Å². The van der Waals surface area contributed by atoms with Crippen molar-refractivity contribution in [2.45, 2.75) is 37.6 Å². The van der Waals surface area contributed by atoms with E-state index in [9.17, 15) is 24.8 Å². The maximum atomic E-state index is 13.5. The lowest BCUT2D eigenvalue weighted by molar-refractivity contribution is -0.384. The van der Waals surface area contributed by atoms with Crippen molar-refractivity contribution in [3.8, 4) is 0 Å². The molecule has 44 heavy (non-hydrogen) atoms. The van der Waals surface area contributed by atoms with Crippen molar-refractivity contribution < 1.29 is 24.4 Å². The minimum absolute atomic E-state index is 0. The van der Waals surface area contributed by atoms with Crippen LogP contribution in [0.25, 0.3) is 0 Å². The smallest absolute Gasteiger partial charge is 0.336 e. The van der Waals surface area contributed by atoms with Gasteiger partial charge < -0.3 is 15.2 Å². The highest BCUT2D eigenvalue weighted by molar-refractivity contribution is 7.99. The first-order valence-corrected chi connectivity index (χ1v) is 15.0. The molecule has 1 unspecified atom stereocenters. The Hall–Kier alpha value is -4.12. The van der Waals surface area contributed by atoms with Gasteiger partial charge in [-0.25, -0.2) is 9.59 Å². The summed E-state index contributed by atoms with van der Waals surface area (Å²) in [4.78, 5) is 40.2. The number of hydrogen-bond donors (Lipinski definition) is 2. The quantitative estimate of drug-likeness (QED) is 0.0665. The average Bonchev–Trinajstić information content (AvgIpc) is 2.99. The molecule has 0 aromatic heterocycles. The van der Waals surface area contributed by atoms with Gasteiger partial charge in [-0.1, -0.05) is 60.7 Å². The second-order valence-electron chi connectivity index (χ2n) is 10.2. The van der Waals surface area contributed by atoms with E-state index >= 15 is 0 Å². The zero-order chi connectivity index (χ0) is 30.8. The van der Waals surface area contributed by atoms with Crippen molar-refractivity contribution in [1.82, 2.24) is 10.2 Å². The Morgan fingerprint density at radius 2 is 1.61 bits per heavy atom. The first-order chi connectivity index (χ1) is 20.7. The Morgan fingerprint density at radius 1 is 0.955 bits per heavy atom. The number of hydrogen-bond acceptors (Lipinski definition) is 8. The molecule has 4 rings (SSSR count). The monoisotopic (exact) mass is 637 g/mol. The third-order valence-corrected chi connectivity index (χ3v) is 8.14. The fourth-order valence-electron chi connectivity index (χ4n) is 5.15. The lowest BCUT2D eigenvalue weighted by atomic mass is 9.80. The Bertz CT molecular complexity index is 1510. The number of aliphatic carboxylic acids is 1. The fraction of sp³-hybridized carbons (Fsp3) is 0.273. The highest BCUT2D eigenvalue weighted by Gasteiger charge is 2.37. The third kappa shape index (κ3) is 9.19. The number of carboxylic acids is 1. The lowest BCUT2D eigenvalue weighted by Crippen LogP contribution is -2.32. The fourth-order valence-corrected chi connectivity index (χ4v) is 6.09. The molecule has 3 aromatic carbocycles. The SMILES string of the molecule is CC1=C(C(=O)O)C(c2cccc([N+](=O)[O-])c2)C(C(=O)OCCCN(CCSc2ccccc2)Cc2ccccc2)=C(C)N1.Cl. The molecule has 232 valence electrons. The number of nitrogens with zero attached hydrogens (tertiary/aromatic N) is 2. The number of rotatable bonds is 14. The van der Waals surface area contributed by atoms with E-state index in [1.807, 2.05) is 36.4 Å². The molecule has 11 heteroatoms. The van der Waals surface area contributed by atoms with E-state index < -0.39 is 22.8 Å². The molecule has 0 saturated carbocycles. The van der Waals surface area contributed by atoms with Crippen LogP contribution in [0.3, 0.4) is 0 Å². The van der Waals surface area contributed by atoms with Crippen molar-refractivity contribution in [3.05, 3.63) is 129 Å². The highest BCUT2D eigenvalue weighted by atomic mass is 35.5. The minimum Gasteiger partial charge on any atom is -0.478 e. The summed E-state index contributed by atoms with van der Waals surface area (Å²) >= 11 is 1.79. The number of nitro benzene ring substituents is 1. The molecule has 9 nitrogen and oxygen atoms in total. The summed E-state index contributed by atoms with van der Waals surface area (Å²) in [6.07, 6.45) is 0.580. The number of allylic oxidation sites excluding steroid dienone is 2. The number of nitrogens with one attached hydrogen (secondary N) is 1. The van der Waals surface area contributed by atoms with Gasteiger partial charge in [0.15, 0.2) is 0 Å². The van der Waals surface area contributed by atoms with Crippen LogP contribution in [0.5, 0.6) is 0 Å². The summed E-state index contributed by atoms with van der Waals surface area (Å²) in [5, 5.41) is 24.4. The Labute approximate surface area is 267 Å². The lowest BCUT2D eigenvalue weighted by Gasteiger charge is -2.29. The van der Waals surface area contributed by atoms with E-state index in [4.69, 9.17) is 4.74 Å². The van der Waals surface area contributed by atoms with Crippen LogP contribution in [0.2, 0.25) is 0 Å². The summed E-state index contributed by atoms with van der Waals surface area (Å²) in [6, 6.07) is 26.1. The molecule has 1 aliphatic rings. The van der Waals surface area contributed by atoms with E-state index in [0.29, 0.717) is 29.9 Å². The first-order valence-electron chi connectivity index (χ1n) is 14.0. The molecular weight excluding hydrogens is 602 g/mol. The first kappa shape index (κ1) is 34.4. The van der Waals surface area contributed by atoms with Gasteiger partial charge in [-0.2, -0.15) is 0 Å². The molecule has 0 aliphatic carbocycles. The molecule has 2 N–H and O–H groups in total. The van der Waals surface area contributed by atoms with Crippen LogP contribution < -0.4 is 5.32 Å². The van der Waals surface area contributed by atoms with Crippen LogP contribution in [-0.2, 0) is 20.9 Å². The number of dihydropyridines is 1. The predicted octanol–water partition coefficient (Wildman–Crippen LogP) is 6.56. The maximum absolute atomic E-state index is 13.5. The number of thioether (sulfide) groups is 1. The highest BCUT2D eigenvalue weighted by Crippen LogP contribution is 2.39. The number of carbonyl (C=O) groups excluding carboxylic acids is 1. The number of ether oxygens (including phenoxy) is 1. The van der Waals surface area contributed by atoms with Crippen molar-refractivity contribution in [2.24, 2.45) is 0 Å². The number of esters is 1. The number of non-ortho nitro benzene ring substituents is 1. The summed E-state index contributed by atoms with van der Waals surface area (Å²) in [7, 11) is 0. The van der Waals surface area contributed by atoms with E-state index in [1.54, 1.807) is 31.7 Å². The molecule has 1 heterocycles. The van der Waals surface area contributed by atoms with Crippen molar-refractivity contribution >= 4 is 41.8 Å². The Balaban J connectivity index is 0.00000529. The zero-order valence-electron chi connectivity index (χ0n) is 24.6. The van der Waals surface area contributed by atoms with Gasteiger partial charge in [0.05, 0.1) is 28.6 Å². The van der Waals surface area contributed by atoms with Crippen LogP contribution in [0.4, 0.5) is 5.69 Å². The van der Waals surface area contributed by atoms with E-state index in [0.717, 1.165) is 18.8 Å². The van der Waals surface area contributed by atoms with Gasteiger partial charge in [0.1, 0.15) is 0 Å². The van der Waals surface area contributed by atoms with Gasteiger partial charge >= 0.3 is 11.9 Å². The molecule has 3 aromatic rings. The molecule has 1 atom stereocenters. The zero-order valence-corrected chi connectivity index (χ0v) is 26.2. The van der Waals surface area contributed by atoms with Crippen molar-refractivity contribution in [3.63, 3.8) is 0 Å². The van der Waals surface area contributed by atoms with Gasteiger partial charge in [0, 0.05) is 53.8 Å². The Kier molecular flexibility index (Phi) is 13.0. The number of halogens is 1. The van der Waals surface area contributed by atoms with Gasteiger partial charge in [0.25, 0.3) is 5.69 Å². The Morgan fingerprint density at radius 3 is 2.27 bits per heavy atom. The van der Waals surface area contributed by atoms with E-state index in [-0.39, 0.29) is 35.8 Å². The number of nitro groups is 1. The second kappa shape index (κ2) is 16.7. The number of carbonyl (C=O) groups is 2. The third-order valence-electron chi connectivity index (χ3n) is 7.15. The molecule has 0 spiro atoms. The largest absolute Gasteiger partial charge is 0.478 e. The van der Waals surface area contributed by atoms with Crippen LogP contribution in [-0.4, -0.2) is 52.3 Å². The summed E-state index contributed by atoms with van der Waals surface area (Å²) in [5.41, 5.74) is 2.24. The molecule has 0 amide bonds. The molecule has 0 bridgehead atoms. The van der Waals surface area contributed by atoms with Crippen molar-refractivity contribution in [2.75, 3.05) is 25.4 Å². The normalized spacial score (nSPS) is 14.6. The van der Waals surface area contributed by atoms with Gasteiger partial charge in [0.2, 0.25) is 0 Å². The van der Waals surface area contributed by atoms with Crippen LogP contribution in [0.15, 0.2) is 112 Å². The van der Waals surface area contributed by atoms with Crippen molar-refractivity contribution in [1.29, 1.82) is 0 Å². The van der Waals surface area contributed by atoms with Crippen LogP contribution in [0.1, 0.15) is 37.3 Å². The average molecular weight is 638 g/mol. The van der Waals surface area contributed by atoms with E-state index in [2.05, 4.69) is 34.5 Å². The van der Waals surface area contributed by atoms with Crippen LogP contribution >= 0.6 is 24.2 Å². The van der Waals surface area contributed by atoms with Crippen LogP contribution in [0, 0.1) is 10.1 Å². The van der Waals surface area contributed by atoms with Gasteiger partial charge in [-0.05, 0) is 43.5 Å². The molecular formula is C33H36ClN3O6S. The molecule has 1 aliphatic heterocycles. The summed E-state index contributed by atoms with van der Waals surface area (Å²) < 4.78 is 5.70. The minimum atomic E-state index is -1.22. The number of carboxylic acid groups (broad SMARTS) is 1. The second-order valence-corrected chi connectivity index (χ2v) is 11.4. The standard InChI is InChI=1S/C33H35N3O6S.ClH/c1-23-29(32(37)38)31(26-13-9-14-27(21-26)36(40)41)30(24(2)34-23)33(39)42-19-10-17-35(22-25-11-5-3-6-12-25)18-20-43-28-15-7-4-8-16-28;/h3-9,11-16,21,31,34H,10,17-20,22H2,1-2H3,(H,37,38);1H. The molecule has 0 radical (unpaired) electrons. The molecule has 0 saturated heterocycles. The molecule has 0 fully saturated rings. The summed E-state index contributed by atoms with van der Waals surface area (Å²) in [5.74, 6) is -1.98. The predicted molar refractivity (Wildman–Crippen MR) is 174 cm³/mol. The topological polar surface area (TPSA) is 122 Å².